The molecular formula is C13H18N2. The maximum atomic E-state index is 3.42. The van der Waals surface area contributed by atoms with E-state index in [0.29, 0.717) is 0 Å². The summed E-state index contributed by atoms with van der Waals surface area (Å²) in [7, 11) is 0. The molecule has 2 rings (SSSR count). The van der Waals surface area contributed by atoms with Gasteiger partial charge in [-0.1, -0.05) is 26.0 Å². The molecule has 1 aromatic carbocycles. The van der Waals surface area contributed by atoms with E-state index in [4.69, 9.17) is 0 Å². The number of rotatable bonds is 4. The average Bonchev–Trinajstić information content (AvgIpc) is 2.59. The smallest absolute Gasteiger partial charge is 0.208 e. The monoisotopic (exact) mass is 202 g/mol. The number of anilines is 2. The van der Waals surface area contributed by atoms with Crippen molar-refractivity contribution in [2.24, 2.45) is 0 Å². The number of fused-ring (bicyclic) bond motifs is 1. The quantitative estimate of drug-likeness (QED) is 0.740. The topological polar surface area (TPSA) is 6.48 Å². The van der Waals surface area contributed by atoms with E-state index in [1.54, 1.807) is 0 Å². The largest absolute Gasteiger partial charge is 0.340 e. The van der Waals surface area contributed by atoms with Crippen LogP contribution in [0.3, 0.4) is 0 Å². The van der Waals surface area contributed by atoms with Crippen LogP contribution >= 0.6 is 0 Å². The zero-order valence-electron chi connectivity index (χ0n) is 9.53. The molecule has 2 nitrogen and oxygen atoms in total. The highest BCUT2D eigenvalue weighted by Gasteiger charge is 2.25. The van der Waals surface area contributed by atoms with Crippen LogP contribution in [0.15, 0.2) is 24.3 Å². The fraction of sp³-hybridized carbons (Fsp3) is 0.462. The van der Waals surface area contributed by atoms with Gasteiger partial charge < -0.3 is 9.80 Å². The molecule has 0 aromatic heterocycles. The van der Waals surface area contributed by atoms with Crippen LogP contribution in [0, 0.1) is 6.67 Å². The van der Waals surface area contributed by atoms with Gasteiger partial charge in [0, 0.05) is 13.1 Å². The number of para-hydroxylation sites is 2. The third kappa shape index (κ3) is 1.94. The number of hydrogen-bond donors (Lipinski definition) is 0. The van der Waals surface area contributed by atoms with Gasteiger partial charge in [0.1, 0.15) is 0 Å². The average molecular weight is 202 g/mol. The summed E-state index contributed by atoms with van der Waals surface area (Å²) in [6, 6.07) is 8.54. The minimum absolute atomic E-state index is 1.05. The molecule has 1 heterocycles. The molecule has 2 heteroatoms. The van der Waals surface area contributed by atoms with E-state index in [2.05, 4.69) is 54.6 Å². The first-order valence-corrected chi connectivity index (χ1v) is 5.77. The summed E-state index contributed by atoms with van der Waals surface area (Å²) >= 11 is 0. The lowest BCUT2D eigenvalue weighted by Crippen LogP contribution is -2.26. The first-order chi connectivity index (χ1) is 7.36. The lowest BCUT2D eigenvalue weighted by molar-refractivity contribution is 0.798. The Bertz CT molecular complexity index is 291. The molecule has 0 fully saturated rings. The molecule has 1 aliphatic rings. The van der Waals surface area contributed by atoms with E-state index >= 15 is 0 Å². The van der Waals surface area contributed by atoms with Crippen molar-refractivity contribution in [3.8, 4) is 0 Å². The SMILES string of the molecule is CCCN1[C]N(CCC)c2ccccc21. The first kappa shape index (κ1) is 10.3. The highest BCUT2D eigenvalue weighted by Crippen LogP contribution is 2.37. The Morgan fingerprint density at radius 1 is 0.933 bits per heavy atom. The second kappa shape index (κ2) is 4.56. The van der Waals surface area contributed by atoms with Gasteiger partial charge in [-0.3, -0.25) is 0 Å². The summed E-state index contributed by atoms with van der Waals surface area (Å²) in [4.78, 5) is 4.45. The van der Waals surface area contributed by atoms with Gasteiger partial charge in [0.2, 0.25) is 6.67 Å². The van der Waals surface area contributed by atoms with E-state index in [0.717, 1.165) is 25.9 Å². The highest BCUT2D eigenvalue weighted by molar-refractivity contribution is 5.78. The van der Waals surface area contributed by atoms with Crippen LogP contribution in [-0.4, -0.2) is 13.1 Å². The third-order valence-electron chi connectivity index (χ3n) is 2.60. The van der Waals surface area contributed by atoms with E-state index in [1.165, 1.54) is 11.4 Å². The molecule has 0 saturated heterocycles. The zero-order valence-corrected chi connectivity index (χ0v) is 9.53. The molecule has 1 aliphatic heterocycles. The Hall–Kier alpha value is -1.18. The molecule has 0 bridgehead atoms. The standard InChI is InChI=1S/C13H18N2/c1-3-9-14-11-15(10-4-2)13-8-6-5-7-12(13)14/h5-8H,3-4,9-10H2,1-2H3. The molecule has 0 N–H and O–H groups in total. The predicted molar refractivity (Wildman–Crippen MR) is 65.0 cm³/mol. The van der Waals surface area contributed by atoms with Crippen molar-refractivity contribution < 1.29 is 0 Å². The maximum absolute atomic E-state index is 3.42. The van der Waals surface area contributed by atoms with Gasteiger partial charge >= 0.3 is 0 Å². The van der Waals surface area contributed by atoms with E-state index in [-0.39, 0.29) is 0 Å². The zero-order chi connectivity index (χ0) is 10.7. The Morgan fingerprint density at radius 3 is 1.80 bits per heavy atom. The highest BCUT2D eigenvalue weighted by atomic mass is 15.4. The summed E-state index contributed by atoms with van der Waals surface area (Å²) in [5, 5.41) is 0. The Balaban J connectivity index is 2.22. The molecule has 0 atom stereocenters. The molecule has 0 amide bonds. The van der Waals surface area contributed by atoms with Crippen molar-refractivity contribution in [2.45, 2.75) is 26.7 Å². The molecule has 0 spiro atoms. The molecule has 0 aliphatic carbocycles. The predicted octanol–water partition coefficient (Wildman–Crippen LogP) is 3.13. The van der Waals surface area contributed by atoms with E-state index in [9.17, 15) is 0 Å². The van der Waals surface area contributed by atoms with E-state index < -0.39 is 0 Å². The Kier molecular flexibility index (Phi) is 3.14. The van der Waals surface area contributed by atoms with Crippen LogP contribution in [0.1, 0.15) is 26.7 Å². The van der Waals surface area contributed by atoms with Crippen molar-refractivity contribution in [2.75, 3.05) is 22.9 Å². The molecule has 80 valence electrons. The summed E-state index contributed by atoms with van der Waals surface area (Å²) in [5.41, 5.74) is 2.60. The van der Waals surface area contributed by atoms with Crippen LogP contribution in [-0.2, 0) is 0 Å². The summed E-state index contributed by atoms with van der Waals surface area (Å²) in [6.07, 6.45) is 2.31. The molecular weight excluding hydrogens is 184 g/mol. The van der Waals surface area contributed by atoms with Crippen LogP contribution in [0.25, 0.3) is 0 Å². The minimum atomic E-state index is 1.05. The summed E-state index contributed by atoms with van der Waals surface area (Å²) in [6.45, 7) is 9.93. The van der Waals surface area contributed by atoms with Crippen molar-refractivity contribution in [3.05, 3.63) is 30.9 Å². The van der Waals surface area contributed by atoms with Gasteiger partial charge in [0.05, 0.1) is 11.4 Å². The van der Waals surface area contributed by atoms with Crippen LogP contribution in [0.4, 0.5) is 11.4 Å². The van der Waals surface area contributed by atoms with Gasteiger partial charge in [-0.15, -0.1) is 0 Å². The molecule has 0 saturated carbocycles. The van der Waals surface area contributed by atoms with Crippen molar-refractivity contribution in [1.82, 2.24) is 0 Å². The lowest BCUT2D eigenvalue weighted by atomic mass is 10.2. The summed E-state index contributed by atoms with van der Waals surface area (Å²) < 4.78 is 0. The van der Waals surface area contributed by atoms with Gasteiger partial charge in [-0.2, -0.15) is 0 Å². The first-order valence-electron chi connectivity index (χ1n) is 5.77. The third-order valence-corrected chi connectivity index (χ3v) is 2.60. The number of benzene rings is 1. The molecule has 2 radical (unpaired) electrons. The van der Waals surface area contributed by atoms with Gasteiger partial charge in [-0.05, 0) is 25.0 Å². The van der Waals surface area contributed by atoms with Crippen molar-refractivity contribution in [1.29, 1.82) is 0 Å². The van der Waals surface area contributed by atoms with Gasteiger partial charge in [0.15, 0.2) is 0 Å². The van der Waals surface area contributed by atoms with Crippen LogP contribution in [0.2, 0.25) is 0 Å². The second-order valence-corrected chi connectivity index (χ2v) is 3.89. The minimum Gasteiger partial charge on any atom is -0.340 e. The van der Waals surface area contributed by atoms with Crippen LogP contribution < -0.4 is 9.80 Å². The van der Waals surface area contributed by atoms with Gasteiger partial charge in [0.25, 0.3) is 0 Å². The fourth-order valence-electron chi connectivity index (χ4n) is 1.96. The number of nitrogens with zero attached hydrogens (tertiary/aromatic N) is 2. The normalized spacial score (nSPS) is 14.5. The van der Waals surface area contributed by atoms with Crippen molar-refractivity contribution >= 4 is 11.4 Å². The Morgan fingerprint density at radius 2 is 1.40 bits per heavy atom. The molecule has 15 heavy (non-hydrogen) atoms. The molecule has 0 unspecified atom stereocenters. The van der Waals surface area contributed by atoms with Gasteiger partial charge in [-0.25, -0.2) is 0 Å². The van der Waals surface area contributed by atoms with E-state index in [1.807, 2.05) is 0 Å². The number of hydrogen-bond acceptors (Lipinski definition) is 2. The molecule has 1 aromatic rings. The fourth-order valence-corrected chi connectivity index (χ4v) is 1.96. The lowest BCUT2D eigenvalue weighted by Gasteiger charge is -2.17. The Labute approximate surface area is 92.5 Å². The van der Waals surface area contributed by atoms with Crippen LogP contribution in [0.5, 0.6) is 0 Å². The summed E-state index contributed by atoms with van der Waals surface area (Å²) in [5.74, 6) is 0. The second-order valence-electron chi connectivity index (χ2n) is 3.89. The maximum Gasteiger partial charge on any atom is 0.208 e. The van der Waals surface area contributed by atoms with Crippen molar-refractivity contribution in [3.63, 3.8) is 0 Å².